The first-order valence-electron chi connectivity index (χ1n) is 11.8. The lowest BCUT2D eigenvalue weighted by Gasteiger charge is -2.22. The summed E-state index contributed by atoms with van der Waals surface area (Å²) in [7, 11) is 3.32. The van der Waals surface area contributed by atoms with Gasteiger partial charge in [-0.1, -0.05) is 6.92 Å². The zero-order valence-corrected chi connectivity index (χ0v) is 22.0. The number of amides is 1. The molecule has 0 bridgehead atoms. The number of hydrogen-bond donors (Lipinski definition) is 2. The summed E-state index contributed by atoms with van der Waals surface area (Å²) < 4.78 is 13.2. The molecule has 4 aromatic rings. The number of pyridine rings is 1. The normalized spacial score (nSPS) is 19.6. The summed E-state index contributed by atoms with van der Waals surface area (Å²) in [6, 6.07) is 7.98. The zero-order valence-electron chi connectivity index (χ0n) is 20.4. The summed E-state index contributed by atoms with van der Waals surface area (Å²) >= 11 is 3.54. The topological polar surface area (TPSA) is 116 Å². The summed E-state index contributed by atoms with van der Waals surface area (Å²) in [5.41, 5.74) is 1.98. The number of fused-ring (bicyclic) bond motifs is 2. The number of benzene rings is 1. The van der Waals surface area contributed by atoms with Gasteiger partial charge in [0.2, 0.25) is 11.9 Å². The molecule has 36 heavy (non-hydrogen) atoms. The molecule has 5 rings (SSSR count). The molecule has 188 valence electrons. The standard InChI is InChI=1S/C25H28BrN7O3/c1-25(23(34)27-2)7-6-16(12-25)30-24-29-14-19-21(26)32-33(22(19)31-24)17-4-5-20-15(10-17)11-18(13-28-20)36-9-8-35-3/h4-5,10-11,13-14,16H,6-9,12H2,1-3H3,(H,27,34)(H,29,30,31)/t16-,25-/m1/s1. The number of anilines is 1. The van der Waals surface area contributed by atoms with Crippen molar-refractivity contribution >= 4 is 49.7 Å². The van der Waals surface area contributed by atoms with Crippen molar-refractivity contribution in [1.29, 1.82) is 0 Å². The summed E-state index contributed by atoms with van der Waals surface area (Å²) in [5, 5.41) is 12.6. The largest absolute Gasteiger partial charge is 0.490 e. The molecular formula is C25H28BrN7O3. The van der Waals surface area contributed by atoms with Gasteiger partial charge in [-0.15, -0.1) is 0 Å². The minimum atomic E-state index is -0.382. The van der Waals surface area contributed by atoms with Gasteiger partial charge in [0, 0.05) is 37.2 Å². The molecular weight excluding hydrogens is 526 g/mol. The molecule has 3 aromatic heterocycles. The molecule has 1 saturated carbocycles. The Morgan fingerprint density at radius 3 is 2.92 bits per heavy atom. The van der Waals surface area contributed by atoms with Gasteiger partial charge in [-0.3, -0.25) is 9.78 Å². The van der Waals surface area contributed by atoms with E-state index in [-0.39, 0.29) is 17.4 Å². The first-order valence-corrected chi connectivity index (χ1v) is 12.6. The molecule has 0 unspecified atom stereocenters. The molecule has 1 amide bonds. The van der Waals surface area contributed by atoms with Crippen LogP contribution in [-0.4, -0.2) is 64.1 Å². The van der Waals surface area contributed by atoms with Gasteiger partial charge in [0.15, 0.2) is 5.65 Å². The van der Waals surface area contributed by atoms with Crippen molar-refractivity contribution in [3.63, 3.8) is 0 Å². The number of rotatable bonds is 8. The van der Waals surface area contributed by atoms with E-state index in [9.17, 15) is 4.79 Å². The molecule has 1 aliphatic rings. The third-order valence-corrected chi connectivity index (χ3v) is 7.26. The van der Waals surface area contributed by atoms with Gasteiger partial charge in [-0.25, -0.2) is 9.67 Å². The molecule has 1 fully saturated rings. The van der Waals surface area contributed by atoms with Crippen LogP contribution in [0.1, 0.15) is 26.2 Å². The van der Waals surface area contributed by atoms with Gasteiger partial charge in [-0.2, -0.15) is 10.1 Å². The van der Waals surface area contributed by atoms with E-state index in [2.05, 4.69) is 41.6 Å². The number of ether oxygens (including phenoxy) is 2. The predicted octanol–water partition coefficient (Wildman–Crippen LogP) is 3.87. The Morgan fingerprint density at radius 1 is 1.25 bits per heavy atom. The van der Waals surface area contributed by atoms with E-state index in [1.165, 1.54) is 0 Å². The maximum absolute atomic E-state index is 12.3. The van der Waals surface area contributed by atoms with E-state index >= 15 is 0 Å². The monoisotopic (exact) mass is 553 g/mol. The number of nitrogens with one attached hydrogen (secondary N) is 2. The van der Waals surface area contributed by atoms with Crippen LogP contribution in [0.5, 0.6) is 5.75 Å². The van der Waals surface area contributed by atoms with Crippen LogP contribution in [0, 0.1) is 5.41 Å². The van der Waals surface area contributed by atoms with E-state index in [0.29, 0.717) is 35.2 Å². The Kier molecular flexibility index (Phi) is 6.76. The first kappa shape index (κ1) is 24.4. The molecule has 2 N–H and O–H groups in total. The van der Waals surface area contributed by atoms with Gasteiger partial charge in [0.25, 0.3) is 0 Å². The Morgan fingerprint density at radius 2 is 2.11 bits per heavy atom. The molecule has 2 atom stereocenters. The molecule has 0 spiro atoms. The number of carbonyl (C=O) groups is 1. The molecule has 1 aromatic carbocycles. The van der Waals surface area contributed by atoms with E-state index in [1.807, 2.05) is 31.2 Å². The van der Waals surface area contributed by atoms with Gasteiger partial charge in [-0.05, 0) is 59.5 Å². The van der Waals surface area contributed by atoms with Gasteiger partial charge in [0.1, 0.15) is 17.0 Å². The summed E-state index contributed by atoms with van der Waals surface area (Å²) in [6.45, 7) is 2.97. The highest BCUT2D eigenvalue weighted by Gasteiger charge is 2.40. The fourth-order valence-corrected chi connectivity index (χ4v) is 5.16. The lowest BCUT2D eigenvalue weighted by Crippen LogP contribution is -2.35. The highest BCUT2D eigenvalue weighted by molar-refractivity contribution is 9.10. The van der Waals surface area contributed by atoms with Crippen LogP contribution >= 0.6 is 15.9 Å². The number of methoxy groups -OCH3 is 1. The van der Waals surface area contributed by atoms with E-state index < -0.39 is 0 Å². The molecule has 3 heterocycles. The highest BCUT2D eigenvalue weighted by Crippen LogP contribution is 2.39. The van der Waals surface area contributed by atoms with Gasteiger partial charge in [0.05, 0.1) is 29.4 Å². The van der Waals surface area contributed by atoms with Crippen LogP contribution in [-0.2, 0) is 9.53 Å². The van der Waals surface area contributed by atoms with Gasteiger partial charge >= 0.3 is 0 Å². The predicted molar refractivity (Wildman–Crippen MR) is 140 cm³/mol. The lowest BCUT2D eigenvalue weighted by atomic mass is 9.87. The van der Waals surface area contributed by atoms with Crippen molar-refractivity contribution in [1.82, 2.24) is 30.0 Å². The number of hydrogen-bond acceptors (Lipinski definition) is 8. The van der Waals surface area contributed by atoms with Crippen LogP contribution in [0.2, 0.25) is 0 Å². The van der Waals surface area contributed by atoms with Crippen LogP contribution in [0.3, 0.4) is 0 Å². The highest BCUT2D eigenvalue weighted by atomic mass is 79.9. The van der Waals surface area contributed by atoms with E-state index in [4.69, 9.17) is 14.5 Å². The summed E-state index contributed by atoms with van der Waals surface area (Å²) in [4.78, 5) is 26.1. The van der Waals surface area contributed by atoms with Crippen LogP contribution in [0.25, 0.3) is 27.6 Å². The fourth-order valence-electron chi connectivity index (χ4n) is 4.73. The Bertz CT molecular complexity index is 1430. The second-order valence-corrected chi connectivity index (χ2v) is 10.00. The van der Waals surface area contributed by atoms with Crippen molar-refractivity contribution in [2.24, 2.45) is 5.41 Å². The third kappa shape index (κ3) is 4.72. The molecule has 10 nitrogen and oxygen atoms in total. The maximum Gasteiger partial charge on any atom is 0.225 e. The van der Waals surface area contributed by atoms with Crippen LogP contribution in [0.15, 0.2) is 41.3 Å². The maximum atomic E-state index is 12.3. The minimum Gasteiger partial charge on any atom is -0.490 e. The Labute approximate surface area is 216 Å². The van der Waals surface area contributed by atoms with Crippen molar-refractivity contribution in [3.8, 4) is 11.4 Å². The quantitative estimate of drug-likeness (QED) is 0.316. The lowest BCUT2D eigenvalue weighted by molar-refractivity contribution is -0.129. The number of carbonyl (C=O) groups excluding carboxylic acids is 1. The average molecular weight is 554 g/mol. The smallest absolute Gasteiger partial charge is 0.225 e. The number of aromatic nitrogens is 5. The SMILES string of the molecule is CNC(=O)[C@]1(C)CC[C@@H](Nc2ncc3c(Br)nn(-c4ccc5ncc(OCCOC)cc5c4)c3n2)C1. The van der Waals surface area contributed by atoms with E-state index in [1.54, 1.807) is 31.2 Å². The van der Waals surface area contributed by atoms with Gasteiger partial charge < -0.3 is 20.1 Å². The summed E-state index contributed by atoms with van der Waals surface area (Å²) in [6.07, 6.45) is 5.89. The molecule has 1 aliphatic carbocycles. The Hall–Kier alpha value is -3.31. The van der Waals surface area contributed by atoms with Crippen molar-refractivity contribution in [2.75, 3.05) is 32.7 Å². The van der Waals surface area contributed by atoms with Crippen molar-refractivity contribution in [3.05, 3.63) is 41.3 Å². The molecule has 0 saturated heterocycles. The molecule has 0 radical (unpaired) electrons. The first-order chi connectivity index (χ1) is 17.4. The Balaban J connectivity index is 1.43. The molecule has 11 heteroatoms. The van der Waals surface area contributed by atoms with E-state index in [0.717, 1.165) is 41.2 Å². The zero-order chi connectivity index (χ0) is 25.3. The second kappa shape index (κ2) is 9.98. The van der Waals surface area contributed by atoms with Crippen molar-refractivity contribution in [2.45, 2.75) is 32.2 Å². The number of nitrogens with zero attached hydrogens (tertiary/aromatic N) is 5. The van der Waals surface area contributed by atoms with Crippen LogP contribution in [0.4, 0.5) is 5.95 Å². The van der Waals surface area contributed by atoms with Crippen LogP contribution < -0.4 is 15.4 Å². The summed E-state index contributed by atoms with van der Waals surface area (Å²) in [5.74, 6) is 1.26. The third-order valence-electron chi connectivity index (χ3n) is 6.67. The molecule has 0 aliphatic heterocycles. The minimum absolute atomic E-state index is 0.0724. The number of halogens is 1. The van der Waals surface area contributed by atoms with Crippen molar-refractivity contribution < 1.29 is 14.3 Å². The second-order valence-electron chi connectivity index (χ2n) is 9.25. The average Bonchev–Trinajstić information content (AvgIpc) is 3.43. The fraction of sp³-hybridized carbons (Fsp3) is 0.400.